The van der Waals surface area contributed by atoms with Gasteiger partial charge in [-0.1, -0.05) is 61.5 Å². The summed E-state index contributed by atoms with van der Waals surface area (Å²) in [6.07, 6.45) is 5.97. The number of hydrogen-bond acceptors (Lipinski definition) is 2. The van der Waals surface area contributed by atoms with E-state index in [1.54, 1.807) is 11.0 Å². The Bertz CT molecular complexity index is 989. The summed E-state index contributed by atoms with van der Waals surface area (Å²) in [6.45, 7) is 11.2. The van der Waals surface area contributed by atoms with E-state index in [1.165, 1.54) is 22.3 Å². The molecule has 1 heterocycles. The first-order valence-electron chi connectivity index (χ1n) is 11.0. The number of nitrogens with one attached hydrogen (secondary N) is 1. The number of rotatable bonds is 8. The van der Waals surface area contributed by atoms with E-state index in [0.717, 1.165) is 17.7 Å². The molecule has 1 fully saturated rings. The molecule has 0 aromatic heterocycles. The molecule has 1 unspecified atom stereocenters. The Balaban J connectivity index is 1.60. The molecule has 162 valence electrons. The summed E-state index contributed by atoms with van der Waals surface area (Å²) in [7, 11) is 0. The van der Waals surface area contributed by atoms with Crippen LogP contribution in [0.2, 0.25) is 0 Å². The van der Waals surface area contributed by atoms with Crippen molar-refractivity contribution in [3.05, 3.63) is 83.4 Å². The molecule has 0 aliphatic carbocycles. The molecule has 1 atom stereocenters. The van der Waals surface area contributed by atoms with Gasteiger partial charge in [-0.3, -0.25) is 9.59 Å². The van der Waals surface area contributed by atoms with E-state index in [1.807, 2.05) is 30.3 Å². The minimum atomic E-state index is -0.613. The Hall–Kier alpha value is -3.14. The van der Waals surface area contributed by atoms with Crippen LogP contribution >= 0.6 is 0 Å². The van der Waals surface area contributed by atoms with Gasteiger partial charge in [0.05, 0.1) is 0 Å². The molecule has 0 spiro atoms. The number of amides is 2. The highest BCUT2D eigenvalue weighted by molar-refractivity contribution is 6.09. The van der Waals surface area contributed by atoms with E-state index < -0.39 is 5.92 Å². The van der Waals surface area contributed by atoms with Gasteiger partial charge in [0.1, 0.15) is 5.92 Å². The maximum atomic E-state index is 12.8. The predicted octanol–water partition coefficient (Wildman–Crippen LogP) is 4.99. The number of aryl methyl sites for hydroxylation is 3. The Morgan fingerprint density at radius 1 is 1.19 bits per heavy atom. The third-order valence-corrected chi connectivity index (χ3v) is 5.93. The topological polar surface area (TPSA) is 49.4 Å². The van der Waals surface area contributed by atoms with Gasteiger partial charge in [0.2, 0.25) is 11.8 Å². The second-order valence-electron chi connectivity index (χ2n) is 8.14. The van der Waals surface area contributed by atoms with Gasteiger partial charge in [0, 0.05) is 18.8 Å². The minimum absolute atomic E-state index is 0.113. The van der Waals surface area contributed by atoms with Crippen LogP contribution in [-0.2, 0) is 16.0 Å². The monoisotopic (exact) mass is 416 g/mol. The van der Waals surface area contributed by atoms with Crippen LogP contribution < -0.4 is 10.2 Å². The van der Waals surface area contributed by atoms with Gasteiger partial charge in [0.15, 0.2) is 0 Å². The molecule has 1 N–H and O–H groups in total. The van der Waals surface area contributed by atoms with Crippen molar-refractivity contribution in [3.8, 4) is 0 Å². The van der Waals surface area contributed by atoms with Gasteiger partial charge < -0.3 is 10.2 Å². The minimum Gasteiger partial charge on any atom is -0.355 e. The number of carbonyl (C=O) groups excluding carboxylic acids is 2. The third kappa shape index (κ3) is 5.32. The summed E-state index contributed by atoms with van der Waals surface area (Å²) in [5, 5.41) is 2.98. The lowest BCUT2D eigenvalue weighted by atomic mass is 9.95. The number of anilines is 1. The van der Waals surface area contributed by atoms with Crippen LogP contribution in [0.1, 0.15) is 42.0 Å². The van der Waals surface area contributed by atoms with Crippen LogP contribution in [0.15, 0.2) is 61.2 Å². The third-order valence-electron chi connectivity index (χ3n) is 5.93. The van der Waals surface area contributed by atoms with E-state index in [9.17, 15) is 9.59 Å². The standard InChI is InChI=1S/C27H32N2O2/c1-5-7-22(25-18-19(3)8-9-20(25)4)14-16-28-26(30)24-15-17-29(27(24)31)23-12-10-21(6-2)11-13-23/h5,7-13,18,24H,1,6,14-17H2,2-4H3,(H,28,30)/b22-7-. The zero-order valence-corrected chi connectivity index (χ0v) is 18.8. The van der Waals surface area contributed by atoms with Crippen LogP contribution in [0, 0.1) is 19.8 Å². The average Bonchev–Trinajstić information content (AvgIpc) is 3.16. The van der Waals surface area contributed by atoms with E-state index in [4.69, 9.17) is 0 Å². The normalized spacial score (nSPS) is 16.5. The molecular weight excluding hydrogens is 384 g/mol. The first-order valence-corrected chi connectivity index (χ1v) is 11.0. The summed E-state index contributed by atoms with van der Waals surface area (Å²) in [5.41, 5.74) is 6.80. The highest BCUT2D eigenvalue weighted by Crippen LogP contribution is 2.26. The predicted molar refractivity (Wildman–Crippen MR) is 128 cm³/mol. The number of carbonyl (C=O) groups is 2. The van der Waals surface area contributed by atoms with Crippen molar-refractivity contribution in [1.82, 2.24) is 5.32 Å². The quantitative estimate of drug-likeness (QED) is 0.487. The van der Waals surface area contributed by atoms with Gasteiger partial charge in [-0.15, -0.1) is 0 Å². The summed E-state index contributed by atoms with van der Waals surface area (Å²) >= 11 is 0. The van der Waals surface area contributed by atoms with Crippen LogP contribution in [0.3, 0.4) is 0 Å². The molecule has 0 saturated carbocycles. The second kappa shape index (κ2) is 10.3. The number of allylic oxidation sites excluding steroid dienone is 2. The SMILES string of the molecule is C=C/C=C(/CCNC(=O)C1CCN(c2ccc(CC)cc2)C1=O)c1cc(C)ccc1C. The summed E-state index contributed by atoms with van der Waals surface area (Å²) < 4.78 is 0. The van der Waals surface area contributed by atoms with Gasteiger partial charge >= 0.3 is 0 Å². The molecule has 4 heteroatoms. The lowest BCUT2D eigenvalue weighted by molar-refractivity contribution is -0.132. The summed E-state index contributed by atoms with van der Waals surface area (Å²) in [4.78, 5) is 27.3. The maximum Gasteiger partial charge on any atom is 0.239 e. The van der Waals surface area contributed by atoms with Crippen molar-refractivity contribution >= 4 is 23.1 Å². The largest absolute Gasteiger partial charge is 0.355 e. The average molecular weight is 417 g/mol. The molecule has 2 amide bonds. The summed E-state index contributed by atoms with van der Waals surface area (Å²) in [5.74, 6) is -0.909. The number of nitrogens with zero attached hydrogens (tertiary/aromatic N) is 1. The van der Waals surface area contributed by atoms with Crippen molar-refractivity contribution in [1.29, 1.82) is 0 Å². The smallest absolute Gasteiger partial charge is 0.239 e. The number of hydrogen-bond donors (Lipinski definition) is 1. The van der Waals surface area contributed by atoms with Crippen molar-refractivity contribution in [2.45, 2.75) is 40.0 Å². The van der Waals surface area contributed by atoms with Crippen molar-refractivity contribution in [2.24, 2.45) is 5.92 Å². The first kappa shape index (κ1) is 22.5. The molecule has 31 heavy (non-hydrogen) atoms. The lowest BCUT2D eigenvalue weighted by Gasteiger charge is -2.17. The molecule has 1 aliphatic heterocycles. The van der Waals surface area contributed by atoms with E-state index in [0.29, 0.717) is 25.9 Å². The van der Waals surface area contributed by atoms with Gasteiger partial charge in [0.25, 0.3) is 0 Å². The van der Waals surface area contributed by atoms with Crippen molar-refractivity contribution in [2.75, 3.05) is 18.0 Å². The van der Waals surface area contributed by atoms with Gasteiger partial charge in [-0.05, 0) is 67.5 Å². The van der Waals surface area contributed by atoms with E-state index in [2.05, 4.69) is 50.9 Å². The first-order chi connectivity index (χ1) is 14.9. The molecule has 2 aromatic carbocycles. The fourth-order valence-electron chi connectivity index (χ4n) is 4.07. The maximum absolute atomic E-state index is 12.8. The highest BCUT2D eigenvalue weighted by Gasteiger charge is 2.37. The van der Waals surface area contributed by atoms with Crippen molar-refractivity contribution < 1.29 is 9.59 Å². The van der Waals surface area contributed by atoms with E-state index in [-0.39, 0.29) is 11.8 Å². The van der Waals surface area contributed by atoms with E-state index >= 15 is 0 Å². The zero-order valence-electron chi connectivity index (χ0n) is 18.8. The Morgan fingerprint density at radius 3 is 2.61 bits per heavy atom. The number of benzene rings is 2. The summed E-state index contributed by atoms with van der Waals surface area (Å²) in [6, 6.07) is 14.4. The fourth-order valence-corrected chi connectivity index (χ4v) is 4.07. The molecule has 2 aromatic rings. The van der Waals surface area contributed by atoms with Crippen LogP contribution in [0.25, 0.3) is 5.57 Å². The van der Waals surface area contributed by atoms with Crippen molar-refractivity contribution in [3.63, 3.8) is 0 Å². The molecule has 1 aliphatic rings. The van der Waals surface area contributed by atoms with Gasteiger partial charge in [-0.25, -0.2) is 0 Å². The molecule has 0 bridgehead atoms. The fraction of sp³-hybridized carbons (Fsp3) is 0.333. The van der Waals surface area contributed by atoms with Crippen LogP contribution in [-0.4, -0.2) is 24.9 Å². The molecule has 0 radical (unpaired) electrons. The highest BCUT2D eigenvalue weighted by atomic mass is 16.2. The zero-order chi connectivity index (χ0) is 22.4. The Morgan fingerprint density at radius 2 is 1.94 bits per heavy atom. The molecule has 4 nitrogen and oxygen atoms in total. The molecule has 3 rings (SSSR count). The lowest BCUT2D eigenvalue weighted by Crippen LogP contribution is -2.37. The Labute approximate surface area is 185 Å². The Kier molecular flexibility index (Phi) is 7.45. The van der Waals surface area contributed by atoms with Gasteiger partial charge in [-0.2, -0.15) is 0 Å². The second-order valence-corrected chi connectivity index (χ2v) is 8.14. The molecular formula is C27H32N2O2. The van der Waals surface area contributed by atoms with Crippen LogP contribution in [0.5, 0.6) is 0 Å². The molecule has 1 saturated heterocycles. The van der Waals surface area contributed by atoms with Crippen LogP contribution in [0.4, 0.5) is 5.69 Å².